The van der Waals surface area contributed by atoms with Crippen molar-refractivity contribution < 1.29 is 23.1 Å². The number of nitrogens with zero attached hydrogens (tertiary/aromatic N) is 3. The van der Waals surface area contributed by atoms with E-state index in [1.807, 2.05) is 16.7 Å². The number of alkyl halides is 3. The van der Waals surface area contributed by atoms with Crippen molar-refractivity contribution in [2.75, 3.05) is 13.1 Å². The molecule has 120 valence electrons. The summed E-state index contributed by atoms with van der Waals surface area (Å²) in [7, 11) is 0. The second-order valence-electron chi connectivity index (χ2n) is 4.82. The number of aromatic nitrogens is 3. The maximum Gasteiger partial charge on any atom is 0.490 e. The van der Waals surface area contributed by atoms with Gasteiger partial charge < -0.3 is 10.4 Å². The fourth-order valence-corrected chi connectivity index (χ4v) is 2.16. The van der Waals surface area contributed by atoms with Gasteiger partial charge in [0.05, 0.1) is 5.69 Å². The number of fused-ring (bicyclic) bond motifs is 1. The molecule has 0 amide bonds. The van der Waals surface area contributed by atoms with Crippen LogP contribution >= 0.6 is 0 Å². The lowest BCUT2D eigenvalue weighted by Crippen LogP contribution is -2.26. The number of hydrogen-bond acceptors (Lipinski definition) is 4. The third kappa shape index (κ3) is 4.17. The molecule has 0 radical (unpaired) electrons. The lowest BCUT2D eigenvalue weighted by Gasteiger charge is -2.20. The molecule has 1 aliphatic rings. The molecule has 0 aromatic carbocycles. The quantitative estimate of drug-likeness (QED) is 0.839. The van der Waals surface area contributed by atoms with Crippen LogP contribution in [0, 0.1) is 0 Å². The van der Waals surface area contributed by atoms with Gasteiger partial charge in [-0.25, -0.2) is 14.8 Å². The first-order valence-electron chi connectivity index (χ1n) is 6.68. The average Bonchev–Trinajstić information content (AvgIpc) is 2.92. The van der Waals surface area contributed by atoms with Crippen molar-refractivity contribution >= 4 is 11.7 Å². The Labute approximate surface area is 124 Å². The summed E-state index contributed by atoms with van der Waals surface area (Å²) in [5.74, 6) is -1.34. The first-order valence-corrected chi connectivity index (χ1v) is 6.68. The van der Waals surface area contributed by atoms with E-state index < -0.39 is 12.1 Å². The van der Waals surface area contributed by atoms with E-state index in [1.54, 1.807) is 6.20 Å². The molecule has 2 aromatic rings. The maximum atomic E-state index is 10.6. The molecule has 3 rings (SSSR count). The number of halogens is 3. The van der Waals surface area contributed by atoms with E-state index in [0.717, 1.165) is 18.9 Å². The monoisotopic (exact) mass is 316 g/mol. The molecule has 0 saturated carbocycles. The molecule has 0 unspecified atom stereocenters. The first-order chi connectivity index (χ1) is 10.4. The summed E-state index contributed by atoms with van der Waals surface area (Å²) in [6.45, 7) is 2.21. The van der Waals surface area contributed by atoms with E-state index in [9.17, 15) is 13.2 Å². The Hall–Kier alpha value is -2.16. The van der Waals surface area contributed by atoms with Crippen LogP contribution in [0.5, 0.6) is 0 Å². The van der Waals surface area contributed by atoms with Crippen molar-refractivity contribution in [3.8, 4) is 0 Å². The molecule has 1 aliphatic heterocycles. The Bertz CT molecular complexity index is 602. The van der Waals surface area contributed by atoms with Gasteiger partial charge in [0.1, 0.15) is 0 Å². The molecule has 6 nitrogen and oxygen atoms in total. The highest BCUT2D eigenvalue weighted by Gasteiger charge is 2.38. The normalized spacial score (nSPS) is 16.1. The predicted octanol–water partition coefficient (Wildman–Crippen LogP) is 1.83. The molecule has 2 aromatic heterocycles. The van der Waals surface area contributed by atoms with Crippen LogP contribution in [0.15, 0.2) is 24.7 Å². The Kier molecular flexibility index (Phi) is 4.96. The number of aliphatic carboxylic acids is 1. The molecule has 1 saturated heterocycles. The summed E-state index contributed by atoms with van der Waals surface area (Å²) in [5, 5.41) is 10.5. The van der Waals surface area contributed by atoms with E-state index in [-0.39, 0.29) is 0 Å². The highest BCUT2D eigenvalue weighted by atomic mass is 19.4. The molecule has 0 bridgehead atoms. The lowest BCUT2D eigenvalue weighted by molar-refractivity contribution is -0.192. The van der Waals surface area contributed by atoms with Gasteiger partial charge >= 0.3 is 12.1 Å². The number of carbonyl (C=O) groups is 1. The van der Waals surface area contributed by atoms with Crippen LogP contribution < -0.4 is 5.32 Å². The SMILES string of the molecule is O=C(O)C(F)(F)F.c1cnc2nc(C3CCNCC3)cn2c1. The Morgan fingerprint density at radius 2 is 2.00 bits per heavy atom. The molecule has 9 heteroatoms. The third-order valence-corrected chi connectivity index (χ3v) is 3.25. The van der Waals surface area contributed by atoms with Crippen LogP contribution in [0.2, 0.25) is 0 Å². The second-order valence-corrected chi connectivity index (χ2v) is 4.82. The van der Waals surface area contributed by atoms with Crippen molar-refractivity contribution in [2.24, 2.45) is 0 Å². The van der Waals surface area contributed by atoms with E-state index >= 15 is 0 Å². The van der Waals surface area contributed by atoms with Gasteiger partial charge in [-0.2, -0.15) is 13.2 Å². The highest BCUT2D eigenvalue weighted by molar-refractivity contribution is 5.73. The van der Waals surface area contributed by atoms with Crippen LogP contribution in [0.25, 0.3) is 5.78 Å². The highest BCUT2D eigenvalue weighted by Crippen LogP contribution is 2.23. The molecule has 22 heavy (non-hydrogen) atoms. The molecule has 0 aliphatic carbocycles. The van der Waals surface area contributed by atoms with Gasteiger partial charge in [-0.05, 0) is 32.0 Å². The smallest absolute Gasteiger partial charge is 0.475 e. The number of nitrogens with one attached hydrogen (secondary N) is 1. The van der Waals surface area contributed by atoms with Gasteiger partial charge in [-0.1, -0.05) is 0 Å². The largest absolute Gasteiger partial charge is 0.490 e. The second kappa shape index (κ2) is 6.73. The Morgan fingerprint density at radius 1 is 1.36 bits per heavy atom. The summed E-state index contributed by atoms with van der Waals surface area (Å²) in [4.78, 5) is 17.7. The van der Waals surface area contributed by atoms with E-state index in [2.05, 4.69) is 21.5 Å². The van der Waals surface area contributed by atoms with Crippen molar-refractivity contribution in [1.82, 2.24) is 19.7 Å². The van der Waals surface area contributed by atoms with E-state index in [0.29, 0.717) is 5.92 Å². The van der Waals surface area contributed by atoms with Crippen molar-refractivity contribution in [1.29, 1.82) is 0 Å². The average molecular weight is 316 g/mol. The van der Waals surface area contributed by atoms with Crippen LogP contribution in [0.1, 0.15) is 24.5 Å². The van der Waals surface area contributed by atoms with Crippen molar-refractivity contribution in [3.05, 3.63) is 30.4 Å². The zero-order chi connectivity index (χ0) is 16.2. The number of rotatable bonds is 1. The summed E-state index contributed by atoms with van der Waals surface area (Å²) in [6, 6.07) is 1.93. The standard InChI is InChI=1S/C11H14N4.C2HF3O2/c1-4-13-11-14-10(8-15(11)7-1)9-2-5-12-6-3-9;3-2(4,5)1(6)7/h1,4,7-9,12H,2-3,5-6H2;(H,6,7). The van der Waals surface area contributed by atoms with Gasteiger partial charge in [0.2, 0.25) is 5.78 Å². The van der Waals surface area contributed by atoms with Crippen molar-refractivity contribution in [3.63, 3.8) is 0 Å². The zero-order valence-corrected chi connectivity index (χ0v) is 11.5. The fourth-order valence-electron chi connectivity index (χ4n) is 2.16. The van der Waals surface area contributed by atoms with E-state index in [4.69, 9.17) is 9.90 Å². The Morgan fingerprint density at radius 3 is 2.55 bits per heavy atom. The number of hydrogen-bond donors (Lipinski definition) is 2. The Balaban J connectivity index is 0.000000217. The number of imidazole rings is 1. The van der Waals surface area contributed by atoms with E-state index in [1.165, 1.54) is 18.5 Å². The van der Waals surface area contributed by atoms with Gasteiger partial charge in [0, 0.05) is 24.5 Å². The summed E-state index contributed by atoms with van der Waals surface area (Å²) in [5.41, 5.74) is 1.19. The van der Waals surface area contributed by atoms with Gasteiger partial charge in [0.25, 0.3) is 0 Å². The lowest BCUT2D eigenvalue weighted by atomic mass is 9.95. The molecule has 2 N–H and O–H groups in total. The minimum Gasteiger partial charge on any atom is -0.475 e. The number of carboxylic acid groups (broad SMARTS) is 1. The molecule has 3 heterocycles. The summed E-state index contributed by atoms with van der Waals surface area (Å²) < 4.78 is 33.7. The molecule has 1 fully saturated rings. The van der Waals surface area contributed by atoms with Crippen LogP contribution in [0.4, 0.5) is 13.2 Å². The van der Waals surface area contributed by atoms with Crippen LogP contribution in [-0.2, 0) is 4.79 Å². The maximum absolute atomic E-state index is 10.6. The molecule has 0 spiro atoms. The van der Waals surface area contributed by atoms with Crippen LogP contribution in [-0.4, -0.2) is 44.7 Å². The van der Waals surface area contributed by atoms with Gasteiger partial charge in [-0.3, -0.25) is 4.40 Å². The first kappa shape index (κ1) is 16.2. The predicted molar refractivity (Wildman–Crippen MR) is 71.5 cm³/mol. The number of piperidine rings is 1. The number of carboxylic acids is 1. The minimum absolute atomic E-state index is 0.605. The molecular weight excluding hydrogens is 301 g/mol. The fraction of sp³-hybridized carbons (Fsp3) is 0.462. The van der Waals surface area contributed by atoms with Gasteiger partial charge in [-0.15, -0.1) is 0 Å². The zero-order valence-electron chi connectivity index (χ0n) is 11.5. The third-order valence-electron chi connectivity index (χ3n) is 3.25. The molecule has 0 atom stereocenters. The minimum atomic E-state index is -5.08. The van der Waals surface area contributed by atoms with Crippen LogP contribution in [0.3, 0.4) is 0 Å². The van der Waals surface area contributed by atoms with Gasteiger partial charge in [0.15, 0.2) is 0 Å². The summed E-state index contributed by atoms with van der Waals surface area (Å²) >= 11 is 0. The topological polar surface area (TPSA) is 79.5 Å². The van der Waals surface area contributed by atoms with Crippen molar-refractivity contribution in [2.45, 2.75) is 24.9 Å². The summed E-state index contributed by atoms with van der Waals surface area (Å²) in [6.07, 6.45) is 3.18. The molecular formula is C13H15F3N4O2.